The van der Waals surface area contributed by atoms with Crippen molar-refractivity contribution in [1.29, 1.82) is 0 Å². The van der Waals surface area contributed by atoms with Gasteiger partial charge in [-0.15, -0.1) is 6.58 Å². The van der Waals surface area contributed by atoms with Crippen molar-refractivity contribution in [1.82, 2.24) is 4.98 Å². The van der Waals surface area contributed by atoms with Crippen molar-refractivity contribution in [2.24, 2.45) is 5.41 Å². The largest absolute Gasteiger partial charge is 0.324 e. The van der Waals surface area contributed by atoms with Gasteiger partial charge in [-0.1, -0.05) is 43.0 Å². The average Bonchev–Trinajstić information content (AvgIpc) is 2.55. The second kappa shape index (κ2) is 6.53. The maximum atomic E-state index is 13.0. The molecule has 1 fully saturated rings. The van der Waals surface area contributed by atoms with Crippen LogP contribution in [0.5, 0.6) is 0 Å². The molecular formula is C20H24N2O. The summed E-state index contributed by atoms with van der Waals surface area (Å²) in [4.78, 5) is 17.4. The maximum absolute atomic E-state index is 13.0. The zero-order valence-electron chi connectivity index (χ0n) is 13.8. The molecule has 1 aromatic carbocycles. The highest BCUT2D eigenvalue weighted by molar-refractivity contribution is 5.97. The summed E-state index contributed by atoms with van der Waals surface area (Å²) in [5, 5.41) is 4.15. The van der Waals surface area contributed by atoms with Gasteiger partial charge in [0, 0.05) is 5.39 Å². The first kappa shape index (κ1) is 15.7. The van der Waals surface area contributed by atoms with Crippen LogP contribution < -0.4 is 5.32 Å². The minimum absolute atomic E-state index is 0.122. The second-order valence-electron chi connectivity index (χ2n) is 6.85. The number of nitrogens with zero attached hydrogens (tertiary/aromatic N) is 1. The third kappa shape index (κ3) is 3.44. The number of pyridine rings is 1. The average molecular weight is 308 g/mol. The molecule has 120 valence electrons. The Kier molecular flexibility index (Phi) is 4.46. The van der Waals surface area contributed by atoms with Crippen molar-refractivity contribution in [2.45, 2.75) is 45.4 Å². The van der Waals surface area contributed by atoms with E-state index in [0.29, 0.717) is 0 Å². The molecule has 0 unspecified atom stereocenters. The molecule has 1 amide bonds. The van der Waals surface area contributed by atoms with Crippen LogP contribution >= 0.6 is 0 Å². The van der Waals surface area contributed by atoms with E-state index in [9.17, 15) is 4.79 Å². The standard InChI is InChI=1S/C20H24N2O/c1-15(2)13-20(10-6-3-7-11-20)19(23)22-17-12-16-8-4-5-9-18(16)21-14-17/h4-5,8-9,12,14H,1,3,6-7,10-11,13H2,2H3,(H,22,23). The van der Waals surface area contributed by atoms with Crippen LogP contribution in [0.25, 0.3) is 10.9 Å². The highest BCUT2D eigenvalue weighted by Crippen LogP contribution is 2.42. The number of carbonyl (C=O) groups excluding carboxylic acids is 1. The first-order valence-corrected chi connectivity index (χ1v) is 8.40. The lowest BCUT2D eigenvalue weighted by atomic mass is 9.70. The van der Waals surface area contributed by atoms with Crippen molar-refractivity contribution < 1.29 is 4.79 Å². The second-order valence-corrected chi connectivity index (χ2v) is 6.85. The fourth-order valence-electron chi connectivity index (χ4n) is 3.69. The van der Waals surface area contributed by atoms with Gasteiger partial charge in [0.25, 0.3) is 0 Å². The van der Waals surface area contributed by atoms with Gasteiger partial charge in [-0.3, -0.25) is 9.78 Å². The third-order valence-electron chi connectivity index (χ3n) is 4.78. The van der Waals surface area contributed by atoms with Crippen molar-refractivity contribution in [3.63, 3.8) is 0 Å². The van der Waals surface area contributed by atoms with E-state index in [1.165, 1.54) is 6.42 Å². The fraction of sp³-hybridized carbons (Fsp3) is 0.400. The minimum Gasteiger partial charge on any atom is -0.324 e. The van der Waals surface area contributed by atoms with Crippen molar-refractivity contribution in [3.05, 3.63) is 48.7 Å². The maximum Gasteiger partial charge on any atom is 0.230 e. The number of hydrogen-bond donors (Lipinski definition) is 1. The highest BCUT2D eigenvalue weighted by atomic mass is 16.2. The summed E-state index contributed by atoms with van der Waals surface area (Å²) in [6, 6.07) is 9.95. The van der Waals surface area contributed by atoms with Crippen LogP contribution in [0.1, 0.15) is 45.4 Å². The number of carbonyl (C=O) groups is 1. The van der Waals surface area contributed by atoms with E-state index >= 15 is 0 Å². The fourth-order valence-corrected chi connectivity index (χ4v) is 3.69. The number of para-hydroxylation sites is 1. The van der Waals surface area contributed by atoms with Crippen LogP contribution in [-0.2, 0) is 4.79 Å². The Morgan fingerprint density at radius 3 is 2.74 bits per heavy atom. The summed E-state index contributed by atoms with van der Waals surface area (Å²) in [6.07, 6.45) is 7.90. The molecule has 1 saturated carbocycles. The Hall–Kier alpha value is -2.16. The molecule has 1 heterocycles. The Morgan fingerprint density at radius 2 is 2.00 bits per heavy atom. The summed E-state index contributed by atoms with van der Waals surface area (Å²) in [6.45, 7) is 6.05. The molecule has 23 heavy (non-hydrogen) atoms. The Balaban J connectivity index is 1.83. The predicted molar refractivity (Wildman–Crippen MR) is 95.3 cm³/mol. The Labute approximate surface area is 137 Å². The monoisotopic (exact) mass is 308 g/mol. The molecule has 2 aromatic rings. The first-order valence-electron chi connectivity index (χ1n) is 8.40. The number of aromatic nitrogens is 1. The van der Waals surface area contributed by atoms with Gasteiger partial charge in [0.2, 0.25) is 5.91 Å². The number of benzene rings is 1. The number of nitrogens with one attached hydrogen (secondary N) is 1. The van der Waals surface area contributed by atoms with Crippen LogP contribution in [0.4, 0.5) is 5.69 Å². The number of anilines is 1. The SMILES string of the molecule is C=C(C)CC1(C(=O)Nc2cnc3ccccc3c2)CCCCC1. The number of rotatable bonds is 4. The number of hydrogen-bond acceptors (Lipinski definition) is 2. The van der Waals surface area contributed by atoms with E-state index in [1.807, 2.05) is 37.3 Å². The molecule has 0 aliphatic heterocycles. The van der Waals surface area contributed by atoms with Crippen LogP contribution in [0, 0.1) is 5.41 Å². The van der Waals surface area contributed by atoms with Gasteiger partial charge in [-0.25, -0.2) is 0 Å². The lowest BCUT2D eigenvalue weighted by Crippen LogP contribution is -2.38. The van der Waals surface area contributed by atoms with Crippen molar-refractivity contribution in [3.8, 4) is 0 Å². The minimum atomic E-state index is -0.296. The van der Waals surface area contributed by atoms with Crippen LogP contribution in [0.2, 0.25) is 0 Å². The van der Waals surface area contributed by atoms with Crippen molar-refractivity contribution >= 4 is 22.5 Å². The highest BCUT2D eigenvalue weighted by Gasteiger charge is 2.39. The van der Waals surface area contributed by atoms with Crippen molar-refractivity contribution in [2.75, 3.05) is 5.32 Å². The number of allylic oxidation sites excluding steroid dienone is 1. The van der Waals surface area contributed by atoms with E-state index in [0.717, 1.165) is 54.3 Å². The molecular weight excluding hydrogens is 284 g/mol. The Morgan fingerprint density at radius 1 is 1.26 bits per heavy atom. The summed E-state index contributed by atoms with van der Waals surface area (Å²) in [5.74, 6) is 0.122. The summed E-state index contributed by atoms with van der Waals surface area (Å²) < 4.78 is 0. The Bertz CT molecular complexity index is 729. The van der Waals surface area contributed by atoms with Gasteiger partial charge in [-0.2, -0.15) is 0 Å². The predicted octanol–water partition coefficient (Wildman–Crippen LogP) is 5.09. The van der Waals surface area contributed by atoms with Crippen LogP contribution in [0.3, 0.4) is 0 Å². The number of amides is 1. The quantitative estimate of drug-likeness (QED) is 0.799. The zero-order valence-corrected chi connectivity index (χ0v) is 13.8. The van der Waals surface area contributed by atoms with Gasteiger partial charge in [0.15, 0.2) is 0 Å². The van der Waals surface area contributed by atoms with Gasteiger partial charge in [-0.05, 0) is 38.3 Å². The van der Waals surface area contributed by atoms with E-state index in [-0.39, 0.29) is 11.3 Å². The number of fused-ring (bicyclic) bond motifs is 1. The van der Waals surface area contributed by atoms with Crippen LogP contribution in [0.15, 0.2) is 48.7 Å². The molecule has 0 radical (unpaired) electrons. The summed E-state index contributed by atoms with van der Waals surface area (Å²) in [7, 11) is 0. The molecule has 1 N–H and O–H groups in total. The summed E-state index contributed by atoms with van der Waals surface area (Å²) >= 11 is 0. The molecule has 0 spiro atoms. The molecule has 3 nitrogen and oxygen atoms in total. The van der Waals surface area contributed by atoms with Gasteiger partial charge in [0.1, 0.15) is 0 Å². The first-order chi connectivity index (χ1) is 11.1. The molecule has 3 heteroatoms. The third-order valence-corrected chi connectivity index (χ3v) is 4.78. The van der Waals surface area contributed by atoms with Crippen LogP contribution in [-0.4, -0.2) is 10.9 Å². The molecule has 0 bridgehead atoms. The van der Waals surface area contributed by atoms with E-state index in [2.05, 4.69) is 16.9 Å². The lowest BCUT2D eigenvalue weighted by Gasteiger charge is -2.36. The molecule has 1 aliphatic rings. The molecule has 1 aliphatic carbocycles. The molecule has 1 aromatic heterocycles. The van der Waals surface area contributed by atoms with Gasteiger partial charge < -0.3 is 5.32 Å². The lowest BCUT2D eigenvalue weighted by molar-refractivity contribution is -0.127. The summed E-state index contributed by atoms with van der Waals surface area (Å²) in [5.41, 5.74) is 2.51. The van der Waals surface area contributed by atoms with E-state index in [1.54, 1.807) is 6.20 Å². The topological polar surface area (TPSA) is 42.0 Å². The van der Waals surface area contributed by atoms with Gasteiger partial charge >= 0.3 is 0 Å². The van der Waals surface area contributed by atoms with E-state index in [4.69, 9.17) is 0 Å². The molecule has 0 atom stereocenters. The zero-order chi connectivity index (χ0) is 16.3. The smallest absolute Gasteiger partial charge is 0.230 e. The molecule has 3 rings (SSSR count). The molecule has 0 saturated heterocycles. The van der Waals surface area contributed by atoms with Gasteiger partial charge in [0.05, 0.1) is 22.8 Å². The van der Waals surface area contributed by atoms with E-state index < -0.39 is 0 Å². The normalized spacial score (nSPS) is 16.9.